The van der Waals surface area contributed by atoms with Crippen LogP contribution in [0.1, 0.15) is 77.3 Å². The SMILES string of the molecule is COC(C)(C)CCCC1=CC(=O)C=C(c2ccccc2C2=CC(=O)C=C(CCCC(C)(C)CO)C2=O)C1=O. The normalized spacial score (nSPS) is 16.8. The Bertz CT molecular complexity index is 1160. The molecular weight excluding hydrogens is 480 g/mol. The number of aliphatic hydroxyl groups is 1. The Balaban J connectivity index is 1.85. The molecule has 2 aliphatic rings. The van der Waals surface area contributed by atoms with Crippen molar-refractivity contribution < 1.29 is 29.0 Å². The lowest BCUT2D eigenvalue weighted by Crippen LogP contribution is -2.22. The molecule has 2 aliphatic carbocycles. The number of hydrogen-bond acceptors (Lipinski definition) is 6. The fourth-order valence-electron chi connectivity index (χ4n) is 4.69. The molecule has 0 fully saturated rings. The molecule has 6 heteroatoms. The quantitative estimate of drug-likeness (QED) is 0.373. The largest absolute Gasteiger partial charge is 0.396 e. The minimum Gasteiger partial charge on any atom is -0.396 e. The number of rotatable bonds is 12. The standard InChI is InChI=1S/C32H38O6/c1-31(2,20-33)14-8-10-21-16-23(34)18-27(29(21)36)25-12-6-7-13-26(25)28-19-24(35)17-22(30(28)37)11-9-15-32(3,4)38-5/h6-7,12-13,16-19,33H,8-11,14-15,20H2,1-5H3. The molecule has 0 amide bonds. The van der Waals surface area contributed by atoms with Crippen molar-refractivity contribution in [3.8, 4) is 0 Å². The Kier molecular flexibility index (Phi) is 9.34. The summed E-state index contributed by atoms with van der Waals surface area (Å²) in [7, 11) is 1.65. The molecule has 6 nitrogen and oxygen atoms in total. The monoisotopic (exact) mass is 518 g/mol. The molecule has 1 aromatic carbocycles. The van der Waals surface area contributed by atoms with E-state index in [2.05, 4.69) is 0 Å². The van der Waals surface area contributed by atoms with Gasteiger partial charge in [0.15, 0.2) is 23.1 Å². The Hall–Kier alpha value is -3.22. The molecule has 0 aliphatic heterocycles. The first-order chi connectivity index (χ1) is 17.9. The zero-order valence-electron chi connectivity index (χ0n) is 23.1. The number of carbonyl (C=O) groups is 4. The van der Waals surface area contributed by atoms with E-state index >= 15 is 0 Å². The lowest BCUT2D eigenvalue weighted by Gasteiger charge is -2.23. The van der Waals surface area contributed by atoms with Crippen molar-refractivity contribution in [2.45, 2.75) is 71.8 Å². The number of methoxy groups -OCH3 is 1. The molecule has 0 unspecified atom stereocenters. The van der Waals surface area contributed by atoms with E-state index < -0.39 is 0 Å². The van der Waals surface area contributed by atoms with Crippen molar-refractivity contribution in [1.29, 1.82) is 0 Å². The van der Waals surface area contributed by atoms with Gasteiger partial charge in [0.1, 0.15) is 0 Å². The Labute approximate surface area is 225 Å². The van der Waals surface area contributed by atoms with Crippen LogP contribution in [-0.2, 0) is 23.9 Å². The molecule has 0 radical (unpaired) electrons. The van der Waals surface area contributed by atoms with Crippen LogP contribution in [-0.4, -0.2) is 47.6 Å². The first kappa shape index (κ1) is 29.3. The third-order valence-electron chi connectivity index (χ3n) is 7.29. The zero-order chi connectivity index (χ0) is 28.1. The smallest absolute Gasteiger partial charge is 0.189 e. The molecule has 3 rings (SSSR count). The molecule has 0 bridgehead atoms. The highest BCUT2D eigenvalue weighted by atomic mass is 16.5. The van der Waals surface area contributed by atoms with Crippen molar-refractivity contribution in [2.75, 3.05) is 13.7 Å². The molecule has 0 heterocycles. The van der Waals surface area contributed by atoms with Crippen molar-refractivity contribution in [3.63, 3.8) is 0 Å². The second-order valence-electron chi connectivity index (χ2n) is 11.5. The van der Waals surface area contributed by atoms with E-state index in [9.17, 15) is 24.3 Å². The van der Waals surface area contributed by atoms with Crippen LogP contribution >= 0.6 is 0 Å². The summed E-state index contributed by atoms with van der Waals surface area (Å²) in [4.78, 5) is 52.2. The third-order valence-corrected chi connectivity index (χ3v) is 7.29. The fraction of sp³-hybridized carbons (Fsp3) is 0.438. The van der Waals surface area contributed by atoms with Crippen LogP contribution in [0.5, 0.6) is 0 Å². The van der Waals surface area contributed by atoms with E-state index in [0.717, 1.165) is 6.42 Å². The minimum absolute atomic E-state index is 0.0416. The molecule has 1 N–H and O–H groups in total. The van der Waals surface area contributed by atoms with Crippen molar-refractivity contribution in [2.24, 2.45) is 5.41 Å². The van der Waals surface area contributed by atoms with Crippen LogP contribution in [0.25, 0.3) is 11.1 Å². The number of allylic oxidation sites excluding steroid dienone is 8. The van der Waals surface area contributed by atoms with Gasteiger partial charge in [0.2, 0.25) is 0 Å². The van der Waals surface area contributed by atoms with Crippen LogP contribution in [0.3, 0.4) is 0 Å². The number of aliphatic hydroxyl groups excluding tert-OH is 1. The summed E-state index contributed by atoms with van der Waals surface area (Å²) in [5.41, 5.74) is 1.63. The summed E-state index contributed by atoms with van der Waals surface area (Å²) in [6, 6.07) is 6.92. The Morgan fingerprint density at radius 2 is 1.16 bits per heavy atom. The predicted octanol–water partition coefficient (Wildman–Crippen LogP) is 5.39. The first-order valence-electron chi connectivity index (χ1n) is 13.1. The number of ether oxygens (including phenoxy) is 1. The third kappa shape index (κ3) is 7.21. The highest BCUT2D eigenvalue weighted by Crippen LogP contribution is 2.35. The number of carbonyl (C=O) groups excluding carboxylic acids is 4. The van der Waals surface area contributed by atoms with E-state index in [4.69, 9.17) is 4.74 Å². The highest BCUT2D eigenvalue weighted by molar-refractivity contribution is 6.40. The van der Waals surface area contributed by atoms with Gasteiger partial charge in [-0.2, -0.15) is 0 Å². The molecule has 1 aromatic rings. The van der Waals surface area contributed by atoms with E-state index in [0.29, 0.717) is 54.4 Å². The van der Waals surface area contributed by atoms with Gasteiger partial charge in [-0.25, -0.2) is 0 Å². The first-order valence-corrected chi connectivity index (χ1v) is 13.1. The van der Waals surface area contributed by atoms with Crippen LogP contribution in [0.15, 0.2) is 59.7 Å². The second kappa shape index (κ2) is 12.1. The van der Waals surface area contributed by atoms with Crippen molar-refractivity contribution in [3.05, 3.63) is 70.8 Å². The van der Waals surface area contributed by atoms with Gasteiger partial charge in [-0.05, 0) is 93.2 Å². The topological polar surface area (TPSA) is 97.7 Å². The Morgan fingerprint density at radius 1 is 0.711 bits per heavy atom. The highest BCUT2D eigenvalue weighted by Gasteiger charge is 2.29. The second-order valence-corrected chi connectivity index (χ2v) is 11.5. The minimum atomic E-state index is -0.326. The van der Waals surface area contributed by atoms with Crippen molar-refractivity contribution >= 4 is 34.3 Å². The van der Waals surface area contributed by atoms with E-state index in [1.54, 1.807) is 31.4 Å². The lowest BCUT2D eigenvalue weighted by atomic mass is 9.81. The van der Waals surface area contributed by atoms with Gasteiger partial charge >= 0.3 is 0 Å². The van der Waals surface area contributed by atoms with Crippen LogP contribution in [0.2, 0.25) is 0 Å². The summed E-state index contributed by atoms with van der Waals surface area (Å²) in [6.07, 6.45) is 9.00. The summed E-state index contributed by atoms with van der Waals surface area (Å²) in [5, 5.41) is 9.51. The molecular formula is C32H38O6. The maximum absolute atomic E-state index is 13.5. The maximum atomic E-state index is 13.5. The predicted molar refractivity (Wildman–Crippen MR) is 148 cm³/mol. The average molecular weight is 519 g/mol. The number of benzene rings is 1. The molecule has 0 saturated heterocycles. The summed E-state index contributed by atoms with van der Waals surface area (Å²) >= 11 is 0. The molecule has 0 spiro atoms. The van der Waals surface area contributed by atoms with E-state index in [-0.39, 0.29) is 51.9 Å². The average Bonchev–Trinajstić information content (AvgIpc) is 2.87. The van der Waals surface area contributed by atoms with E-state index in [1.165, 1.54) is 24.3 Å². The zero-order valence-corrected chi connectivity index (χ0v) is 23.1. The van der Waals surface area contributed by atoms with Crippen LogP contribution < -0.4 is 0 Å². The van der Waals surface area contributed by atoms with Crippen LogP contribution in [0.4, 0.5) is 0 Å². The number of Topliss-reactive ketones (excluding diaryl/α,β-unsaturated/α-hetero) is 2. The fourth-order valence-corrected chi connectivity index (χ4v) is 4.69. The number of hydrogen-bond donors (Lipinski definition) is 1. The van der Waals surface area contributed by atoms with Gasteiger partial charge < -0.3 is 9.84 Å². The molecule has 38 heavy (non-hydrogen) atoms. The van der Waals surface area contributed by atoms with Gasteiger partial charge in [-0.3, -0.25) is 19.2 Å². The van der Waals surface area contributed by atoms with Gasteiger partial charge in [-0.15, -0.1) is 0 Å². The molecule has 202 valence electrons. The van der Waals surface area contributed by atoms with Gasteiger partial charge in [0.05, 0.1) is 5.60 Å². The van der Waals surface area contributed by atoms with Gasteiger partial charge in [-0.1, -0.05) is 38.1 Å². The summed E-state index contributed by atoms with van der Waals surface area (Å²) in [5.74, 6) is -1.06. The maximum Gasteiger partial charge on any atom is 0.189 e. The van der Waals surface area contributed by atoms with Gasteiger partial charge in [0, 0.05) is 36.0 Å². The van der Waals surface area contributed by atoms with Gasteiger partial charge in [0.25, 0.3) is 0 Å². The molecule has 0 atom stereocenters. The lowest BCUT2D eigenvalue weighted by molar-refractivity contribution is -0.114. The summed E-state index contributed by atoms with van der Waals surface area (Å²) in [6.45, 7) is 7.90. The van der Waals surface area contributed by atoms with Crippen molar-refractivity contribution in [1.82, 2.24) is 0 Å². The Morgan fingerprint density at radius 3 is 1.58 bits per heavy atom. The van der Waals surface area contributed by atoms with E-state index in [1.807, 2.05) is 27.7 Å². The van der Waals surface area contributed by atoms with Crippen LogP contribution in [0, 0.1) is 5.41 Å². The number of ketones is 4. The molecule has 0 saturated carbocycles. The summed E-state index contributed by atoms with van der Waals surface area (Å²) < 4.78 is 5.46. The molecule has 0 aromatic heterocycles.